The minimum Gasteiger partial charge on any atom is -0.378 e. The zero-order valence-corrected chi connectivity index (χ0v) is 12.3. The molecule has 2 rings (SSSR count). The molecule has 1 aliphatic heterocycles. The highest BCUT2D eigenvalue weighted by atomic mass is 16.5. The number of hydrogen-bond acceptors (Lipinski definition) is 3. The minimum absolute atomic E-state index is 0.188. The number of nitrogens with zero attached hydrogens (tertiary/aromatic N) is 1. The summed E-state index contributed by atoms with van der Waals surface area (Å²) >= 11 is 0. The average Bonchev–Trinajstić information content (AvgIpc) is 2.85. The van der Waals surface area contributed by atoms with E-state index >= 15 is 0 Å². The fourth-order valence-electron chi connectivity index (χ4n) is 2.63. The van der Waals surface area contributed by atoms with Crippen molar-refractivity contribution in [3.05, 3.63) is 24.0 Å². The van der Waals surface area contributed by atoms with Gasteiger partial charge in [0.1, 0.15) is 0 Å². The van der Waals surface area contributed by atoms with E-state index in [1.165, 1.54) is 0 Å². The van der Waals surface area contributed by atoms with E-state index in [-0.39, 0.29) is 12.1 Å². The highest BCUT2D eigenvalue weighted by Crippen LogP contribution is 2.26. The van der Waals surface area contributed by atoms with Gasteiger partial charge in [0.05, 0.1) is 18.0 Å². The number of carbonyl (C=O) groups excluding carboxylic acids is 1. The number of anilines is 1. The third-order valence-corrected chi connectivity index (χ3v) is 3.58. The first-order valence-corrected chi connectivity index (χ1v) is 7.14. The fraction of sp³-hybridized carbons (Fsp3) is 0.600. The summed E-state index contributed by atoms with van der Waals surface area (Å²) < 4.78 is 5.71. The van der Waals surface area contributed by atoms with Crippen LogP contribution in [0.2, 0.25) is 0 Å². The topological polar surface area (TPSA) is 63.2 Å². The second-order valence-electron chi connectivity index (χ2n) is 5.71. The summed E-state index contributed by atoms with van der Waals surface area (Å²) in [4.78, 5) is 15.9. The first-order chi connectivity index (χ1) is 9.56. The zero-order chi connectivity index (χ0) is 14.5. The van der Waals surface area contributed by atoms with Crippen LogP contribution in [0.25, 0.3) is 0 Å². The van der Waals surface area contributed by atoms with Crippen molar-refractivity contribution in [3.8, 4) is 0 Å². The maximum absolute atomic E-state index is 11.9. The standard InChI is InChI=1S/C15H23N3O2/c1-10(2)14-12(4-5-20-14)8-17-15(19)18-13-6-11(3)7-16-9-13/h6-7,9-10,12,14H,4-5,8H2,1-3H3,(H2,17,18,19)/t12-,14+/m1/s1. The van der Waals surface area contributed by atoms with E-state index in [1.807, 2.05) is 13.0 Å². The number of carbonyl (C=O) groups is 1. The van der Waals surface area contributed by atoms with Gasteiger partial charge in [-0.1, -0.05) is 13.8 Å². The average molecular weight is 277 g/mol. The highest BCUT2D eigenvalue weighted by Gasteiger charge is 2.30. The molecule has 5 heteroatoms. The lowest BCUT2D eigenvalue weighted by Gasteiger charge is -2.22. The summed E-state index contributed by atoms with van der Waals surface area (Å²) in [7, 11) is 0. The third kappa shape index (κ3) is 3.93. The van der Waals surface area contributed by atoms with Crippen LogP contribution in [0.5, 0.6) is 0 Å². The van der Waals surface area contributed by atoms with Crippen molar-refractivity contribution in [3.63, 3.8) is 0 Å². The molecule has 0 unspecified atom stereocenters. The Morgan fingerprint density at radius 3 is 3.00 bits per heavy atom. The lowest BCUT2D eigenvalue weighted by molar-refractivity contribution is 0.0546. The molecule has 1 aromatic heterocycles. The molecule has 5 nitrogen and oxygen atoms in total. The Hall–Kier alpha value is -1.62. The summed E-state index contributed by atoms with van der Waals surface area (Å²) in [5.41, 5.74) is 1.73. The molecule has 20 heavy (non-hydrogen) atoms. The van der Waals surface area contributed by atoms with Gasteiger partial charge in [-0.15, -0.1) is 0 Å². The number of ether oxygens (including phenoxy) is 1. The lowest BCUT2D eigenvalue weighted by Crippen LogP contribution is -2.37. The first-order valence-electron chi connectivity index (χ1n) is 7.14. The minimum atomic E-state index is -0.188. The highest BCUT2D eigenvalue weighted by molar-refractivity contribution is 5.89. The number of pyridine rings is 1. The van der Waals surface area contributed by atoms with Crippen molar-refractivity contribution in [2.45, 2.75) is 33.3 Å². The predicted molar refractivity (Wildman–Crippen MR) is 78.7 cm³/mol. The second-order valence-corrected chi connectivity index (χ2v) is 5.71. The normalized spacial score (nSPS) is 22.0. The first kappa shape index (κ1) is 14.8. The van der Waals surface area contributed by atoms with Crippen LogP contribution in [-0.2, 0) is 4.74 Å². The van der Waals surface area contributed by atoms with Crippen molar-refractivity contribution < 1.29 is 9.53 Å². The van der Waals surface area contributed by atoms with E-state index in [2.05, 4.69) is 29.5 Å². The second kappa shape index (κ2) is 6.70. The molecule has 0 aromatic carbocycles. The molecule has 0 bridgehead atoms. The SMILES string of the molecule is Cc1cncc(NC(=O)NC[C@H]2CCO[C@H]2C(C)C)c1. The molecule has 0 radical (unpaired) electrons. The largest absolute Gasteiger partial charge is 0.378 e. The molecule has 1 aliphatic rings. The molecule has 0 spiro atoms. The maximum Gasteiger partial charge on any atom is 0.319 e. The molecule has 2 heterocycles. The van der Waals surface area contributed by atoms with E-state index in [0.717, 1.165) is 18.6 Å². The molecular formula is C15H23N3O2. The van der Waals surface area contributed by atoms with Crippen LogP contribution in [0.4, 0.5) is 10.5 Å². The molecular weight excluding hydrogens is 254 g/mol. The summed E-state index contributed by atoms with van der Waals surface area (Å²) in [5, 5.41) is 5.72. The van der Waals surface area contributed by atoms with Crippen LogP contribution < -0.4 is 10.6 Å². The van der Waals surface area contributed by atoms with Crippen LogP contribution >= 0.6 is 0 Å². The number of aromatic nitrogens is 1. The maximum atomic E-state index is 11.9. The van der Waals surface area contributed by atoms with E-state index in [0.29, 0.717) is 24.1 Å². The molecule has 0 aliphatic carbocycles. The van der Waals surface area contributed by atoms with Crippen molar-refractivity contribution in [2.75, 3.05) is 18.5 Å². The number of aryl methyl sites for hydroxylation is 1. The van der Waals surface area contributed by atoms with Gasteiger partial charge in [-0.25, -0.2) is 4.79 Å². The third-order valence-electron chi connectivity index (χ3n) is 3.58. The number of rotatable bonds is 4. The molecule has 1 fully saturated rings. The van der Waals surface area contributed by atoms with Gasteiger partial charge >= 0.3 is 6.03 Å². The van der Waals surface area contributed by atoms with E-state index < -0.39 is 0 Å². The number of hydrogen-bond donors (Lipinski definition) is 2. The van der Waals surface area contributed by atoms with Gasteiger partial charge in [0.2, 0.25) is 0 Å². The van der Waals surface area contributed by atoms with E-state index in [4.69, 9.17) is 4.74 Å². The Balaban J connectivity index is 1.80. The van der Waals surface area contributed by atoms with Gasteiger partial charge in [0.25, 0.3) is 0 Å². The Morgan fingerprint density at radius 1 is 1.50 bits per heavy atom. The van der Waals surface area contributed by atoms with Crippen LogP contribution in [0.1, 0.15) is 25.8 Å². The molecule has 110 valence electrons. The molecule has 2 amide bonds. The number of urea groups is 1. The Kier molecular flexibility index (Phi) is 4.95. The molecule has 1 saturated heterocycles. The molecule has 2 atom stereocenters. The van der Waals surface area contributed by atoms with Crippen molar-refractivity contribution in [1.82, 2.24) is 10.3 Å². The van der Waals surface area contributed by atoms with Crippen molar-refractivity contribution >= 4 is 11.7 Å². The van der Waals surface area contributed by atoms with Crippen LogP contribution in [-0.4, -0.2) is 30.3 Å². The summed E-state index contributed by atoms with van der Waals surface area (Å²) in [6, 6.07) is 1.70. The van der Waals surface area contributed by atoms with Crippen LogP contribution in [0.3, 0.4) is 0 Å². The summed E-state index contributed by atoms with van der Waals surface area (Å²) in [6.07, 6.45) is 4.65. The number of amides is 2. The van der Waals surface area contributed by atoms with Crippen LogP contribution in [0.15, 0.2) is 18.5 Å². The van der Waals surface area contributed by atoms with Gasteiger partial charge in [-0.2, -0.15) is 0 Å². The predicted octanol–water partition coefficient (Wildman–Crippen LogP) is 2.57. The van der Waals surface area contributed by atoms with Gasteiger partial charge in [0, 0.05) is 25.3 Å². The summed E-state index contributed by atoms with van der Waals surface area (Å²) in [6.45, 7) is 7.69. The molecule has 0 saturated carbocycles. The Labute approximate surface area is 120 Å². The fourth-order valence-corrected chi connectivity index (χ4v) is 2.63. The van der Waals surface area contributed by atoms with Gasteiger partial charge < -0.3 is 15.4 Å². The summed E-state index contributed by atoms with van der Waals surface area (Å²) in [5.74, 6) is 0.879. The quantitative estimate of drug-likeness (QED) is 0.889. The molecule has 1 aromatic rings. The lowest BCUT2D eigenvalue weighted by atomic mass is 9.93. The van der Waals surface area contributed by atoms with E-state index in [1.54, 1.807) is 12.4 Å². The van der Waals surface area contributed by atoms with Crippen LogP contribution in [0, 0.1) is 18.8 Å². The monoisotopic (exact) mass is 277 g/mol. The van der Waals surface area contributed by atoms with Gasteiger partial charge in [0.15, 0.2) is 0 Å². The van der Waals surface area contributed by atoms with Gasteiger partial charge in [-0.05, 0) is 30.9 Å². The Bertz CT molecular complexity index is 462. The van der Waals surface area contributed by atoms with Crippen molar-refractivity contribution in [1.29, 1.82) is 0 Å². The smallest absolute Gasteiger partial charge is 0.319 e. The van der Waals surface area contributed by atoms with Crippen molar-refractivity contribution in [2.24, 2.45) is 11.8 Å². The molecule has 2 N–H and O–H groups in total. The zero-order valence-electron chi connectivity index (χ0n) is 12.3. The van der Waals surface area contributed by atoms with Gasteiger partial charge in [-0.3, -0.25) is 4.98 Å². The Morgan fingerprint density at radius 2 is 2.30 bits per heavy atom. The number of nitrogens with one attached hydrogen (secondary N) is 2. The van der Waals surface area contributed by atoms with E-state index in [9.17, 15) is 4.79 Å².